The minimum absolute atomic E-state index is 0.371. The highest BCUT2D eigenvalue weighted by Crippen LogP contribution is 2.29. The summed E-state index contributed by atoms with van der Waals surface area (Å²) in [5.74, 6) is 0. The molecule has 1 aromatic rings. The molecule has 4 heteroatoms. The van der Waals surface area contributed by atoms with Gasteiger partial charge in [0.05, 0.1) is 22.4 Å². The Balaban J connectivity index is 2.04. The second-order valence-electron chi connectivity index (χ2n) is 5.40. The number of hydrogen-bond acceptors (Lipinski definition) is 3. The quantitative estimate of drug-likeness (QED) is 0.754. The highest BCUT2D eigenvalue weighted by molar-refractivity contribution is 7.92. The van der Waals surface area contributed by atoms with Gasteiger partial charge in [0, 0.05) is 0 Å². The van der Waals surface area contributed by atoms with Crippen LogP contribution in [0.3, 0.4) is 0 Å². The Kier molecular flexibility index (Phi) is 4.31. The van der Waals surface area contributed by atoms with Gasteiger partial charge in [-0.2, -0.15) is 0 Å². The summed E-state index contributed by atoms with van der Waals surface area (Å²) in [6.45, 7) is 5.55. The van der Waals surface area contributed by atoms with E-state index in [2.05, 4.69) is 6.92 Å². The first-order valence-electron chi connectivity index (χ1n) is 6.93. The lowest BCUT2D eigenvalue weighted by molar-refractivity contribution is 0.360. The molecule has 0 amide bonds. The fourth-order valence-corrected chi connectivity index (χ4v) is 3.38. The Hall–Kier alpha value is -0.870. The van der Waals surface area contributed by atoms with Gasteiger partial charge in [0.2, 0.25) is 0 Å². The van der Waals surface area contributed by atoms with Gasteiger partial charge in [-0.15, -0.1) is 0 Å². The molecule has 1 fully saturated rings. The minimum Gasteiger partial charge on any atom is -0.370 e. The van der Waals surface area contributed by atoms with E-state index in [1.165, 1.54) is 0 Å². The van der Waals surface area contributed by atoms with Crippen LogP contribution in [0, 0.1) is 0 Å². The molecular weight excluding hydrogens is 260 g/mol. The average molecular weight is 282 g/mol. The molecule has 1 heterocycles. The van der Waals surface area contributed by atoms with E-state index in [0.29, 0.717) is 17.1 Å². The number of aryl methyl sites for hydroxylation is 1. The number of sulfone groups is 1. The first kappa shape index (κ1) is 14.5. The molecule has 1 aliphatic heterocycles. The molecule has 1 aliphatic rings. The fourth-order valence-electron chi connectivity index (χ4n) is 2.25. The summed E-state index contributed by atoms with van der Waals surface area (Å²) in [5.41, 5.74) is 1.08. The van der Waals surface area contributed by atoms with Gasteiger partial charge >= 0.3 is 0 Å². The Morgan fingerprint density at radius 2 is 2.00 bits per heavy atom. The lowest BCUT2D eigenvalue weighted by Crippen LogP contribution is -2.14. The normalized spacial score (nSPS) is 22.7. The third-order valence-electron chi connectivity index (χ3n) is 3.66. The van der Waals surface area contributed by atoms with Crippen LogP contribution in [0.15, 0.2) is 29.2 Å². The molecule has 1 aromatic carbocycles. The first-order chi connectivity index (χ1) is 8.95. The highest BCUT2D eigenvalue weighted by atomic mass is 32.2. The van der Waals surface area contributed by atoms with E-state index in [-0.39, 0.29) is 5.25 Å². The smallest absolute Gasteiger partial charge is 0.180 e. The third kappa shape index (κ3) is 3.37. The van der Waals surface area contributed by atoms with E-state index in [9.17, 15) is 8.42 Å². The molecule has 0 N–H and O–H groups in total. The van der Waals surface area contributed by atoms with Gasteiger partial charge in [0.1, 0.15) is 0 Å². The zero-order valence-electron chi connectivity index (χ0n) is 11.8. The number of benzene rings is 1. The standard InChI is InChI=1S/C15H22O3S/c1-4-14-15(18-14)9-8-12-6-5-7-13(10-12)19(16,17)11(2)3/h5-7,10-11,14-15H,4,8-9H2,1-3H3. The maximum Gasteiger partial charge on any atom is 0.180 e. The molecule has 0 bridgehead atoms. The van der Waals surface area contributed by atoms with Crippen molar-refractivity contribution in [3.05, 3.63) is 29.8 Å². The molecule has 0 radical (unpaired) electrons. The van der Waals surface area contributed by atoms with E-state index < -0.39 is 9.84 Å². The highest BCUT2D eigenvalue weighted by Gasteiger charge is 2.36. The van der Waals surface area contributed by atoms with Gasteiger partial charge in [-0.05, 0) is 50.8 Å². The lowest BCUT2D eigenvalue weighted by Gasteiger charge is -2.09. The maximum absolute atomic E-state index is 12.1. The van der Waals surface area contributed by atoms with Crippen molar-refractivity contribution in [3.8, 4) is 0 Å². The van der Waals surface area contributed by atoms with E-state index in [1.54, 1.807) is 26.0 Å². The second-order valence-corrected chi connectivity index (χ2v) is 7.91. The fraction of sp³-hybridized carbons (Fsp3) is 0.600. The number of epoxide rings is 1. The molecule has 2 atom stereocenters. The van der Waals surface area contributed by atoms with Gasteiger partial charge in [-0.1, -0.05) is 19.1 Å². The summed E-state index contributed by atoms with van der Waals surface area (Å²) >= 11 is 0. The van der Waals surface area contributed by atoms with Crippen LogP contribution in [0.5, 0.6) is 0 Å². The van der Waals surface area contributed by atoms with Gasteiger partial charge in [0.25, 0.3) is 0 Å². The van der Waals surface area contributed by atoms with Crippen molar-refractivity contribution >= 4 is 9.84 Å². The van der Waals surface area contributed by atoms with Crippen LogP contribution in [0.4, 0.5) is 0 Å². The monoisotopic (exact) mass is 282 g/mol. The predicted molar refractivity (Wildman–Crippen MR) is 76.0 cm³/mol. The molecule has 0 spiro atoms. The zero-order chi connectivity index (χ0) is 14.0. The van der Waals surface area contributed by atoms with Crippen LogP contribution in [0.25, 0.3) is 0 Å². The van der Waals surface area contributed by atoms with Crippen molar-refractivity contribution in [3.63, 3.8) is 0 Å². The van der Waals surface area contributed by atoms with Crippen molar-refractivity contribution < 1.29 is 13.2 Å². The molecule has 3 nitrogen and oxygen atoms in total. The largest absolute Gasteiger partial charge is 0.370 e. The molecule has 2 rings (SSSR count). The Morgan fingerprint density at radius 1 is 1.26 bits per heavy atom. The minimum atomic E-state index is -3.17. The van der Waals surface area contributed by atoms with Crippen LogP contribution < -0.4 is 0 Å². The summed E-state index contributed by atoms with van der Waals surface area (Å²) in [6.07, 6.45) is 3.71. The molecule has 19 heavy (non-hydrogen) atoms. The van der Waals surface area contributed by atoms with Crippen LogP contribution in [0.2, 0.25) is 0 Å². The van der Waals surface area contributed by atoms with Crippen molar-refractivity contribution in [2.75, 3.05) is 0 Å². The molecule has 0 aliphatic carbocycles. The third-order valence-corrected chi connectivity index (χ3v) is 5.81. The number of rotatable bonds is 6. The van der Waals surface area contributed by atoms with E-state index in [4.69, 9.17) is 4.74 Å². The van der Waals surface area contributed by atoms with E-state index in [0.717, 1.165) is 24.8 Å². The maximum atomic E-state index is 12.1. The Morgan fingerprint density at radius 3 is 2.58 bits per heavy atom. The van der Waals surface area contributed by atoms with E-state index in [1.807, 2.05) is 12.1 Å². The van der Waals surface area contributed by atoms with Gasteiger partial charge in [-0.25, -0.2) is 8.42 Å². The van der Waals surface area contributed by atoms with Gasteiger partial charge < -0.3 is 4.74 Å². The first-order valence-corrected chi connectivity index (χ1v) is 8.48. The summed E-state index contributed by atoms with van der Waals surface area (Å²) in [7, 11) is -3.17. The number of hydrogen-bond donors (Lipinski definition) is 0. The van der Waals surface area contributed by atoms with Crippen LogP contribution in [-0.2, 0) is 21.0 Å². The topological polar surface area (TPSA) is 46.7 Å². The SMILES string of the molecule is CCC1OC1CCc1cccc(S(=O)(=O)C(C)C)c1. The molecule has 106 valence electrons. The van der Waals surface area contributed by atoms with Crippen LogP contribution in [-0.4, -0.2) is 25.9 Å². The summed E-state index contributed by atoms with van der Waals surface area (Å²) in [6, 6.07) is 7.30. The zero-order valence-corrected chi connectivity index (χ0v) is 12.6. The van der Waals surface area contributed by atoms with Gasteiger partial charge in [-0.3, -0.25) is 0 Å². The molecule has 0 aromatic heterocycles. The number of ether oxygens (including phenoxy) is 1. The molecular formula is C15H22O3S. The molecule has 2 unspecified atom stereocenters. The van der Waals surface area contributed by atoms with Crippen LogP contribution >= 0.6 is 0 Å². The Bertz CT molecular complexity index is 534. The van der Waals surface area contributed by atoms with Gasteiger partial charge in [0.15, 0.2) is 9.84 Å². The van der Waals surface area contributed by atoms with Crippen molar-refractivity contribution in [1.29, 1.82) is 0 Å². The molecule has 1 saturated heterocycles. The van der Waals surface area contributed by atoms with Crippen molar-refractivity contribution in [2.24, 2.45) is 0 Å². The van der Waals surface area contributed by atoms with Crippen LogP contribution in [0.1, 0.15) is 39.2 Å². The summed E-state index contributed by atoms with van der Waals surface area (Å²) in [4.78, 5) is 0.434. The average Bonchev–Trinajstić information content (AvgIpc) is 3.15. The van der Waals surface area contributed by atoms with Crippen molar-refractivity contribution in [1.82, 2.24) is 0 Å². The Labute approximate surface area is 115 Å². The molecule has 0 saturated carbocycles. The predicted octanol–water partition coefficient (Wildman–Crippen LogP) is 2.98. The summed E-state index contributed by atoms with van der Waals surface area (Å²) < 4.78 is 29.7. The second kappa shape index (κ2) is 5.63. The van der Waals surface area contributed by atoms with Crippen molar-refractivity contribution in [2.45, 2.75) is 62.4 Å². The lowest BCUT2D eigenvalue weighted by atomic mass is 10.1. The summed E-state index contributed by atoms with van der Waals surface area (Å²) in [5, 5.41) is -0.376. The van der Waals surface area contributed by atoms with E-state index >= 15 is 0 Å².